The molecule has 0 amide bonds. The summed E-state index contributed by atoms with van der Waals surface area (Å²) < 4.78 is 40.0. The molecular formula is C67H68F2IrN2O4-2. The molecule has 1 radical (unpaired) electrons. The van der Waals surface area contributed by atoms with Crippen molar-refractivity contribution in [2.24, 2.45) is 17.8 Å². The average molecular weight is 1200 g/mol. The van der Waals surface area contributed by atoms with Crippen LogP contribution in [-0.2, 0) is 31.3 Å². The van der Waals surface area contributed by atoms with E-state index in [4.69, 9.17) is 13.8 Å². The maximum atomic E-state index is 13.7. The minimum absolute atomic E-state index is 0. The van der Waals surface area contributed by atoms with Crippen LogP contribution in [-0.4, -0.2) is 26.8 Å². The number of pyridine rings is 2. The summed E-state index contributed by atoms with van der Waals surface area (Å²) in [5, 5.41) is 18.5. The summed E-state index contributed by atoms with van der Waals surface area (Å²) in [5.41, 5.74) is 12.3. The molecule has 1 saturated carbocycles. The van der Waals surface area contributed by atoms with Gasteiger partial charge in [-0.2, -0.15) is 0 Å². The van der Waals surface area contributed by atoms with Crippen molar-refractivity contribution in [1.82, 2.24) is 9.97 Å². The normalized spacial score (nSPS) is 14.5. The van der Waals surface area contributed by atoms with E-state index < -0.39 is 5.92 Å². The number of allylic oxidation sites excluding steroid dienone is 2. The Morgan fingerprint density at radius 2 is 1.26 bits per heavy atom. The summed E-state index contributed by atoms with van der Waals surface area (Å²) in [7, 11) is 0. The number of carbonyl (C=O) groups is 1. The molecule has 4 aromatic heterocycles. The molecule has 1 unspecified atom stereocenters. The van der Waals surface area contributed by atoms with Gasteiger partial charge in [0.15, 0.2) is 5.78 Å². The van der Waals surface area contributed by atoms with Crippen molar-refractivity contribution in [2.75, 3.05) is 0 Å². The van der Waals surface area contributed by atoms with Crippen molar-refractivity contribution in [1.29, 1.82) is 0 Å². The summed E-state index contributed by atoms with van der Waals surface area (Å²) in [5.74, 6) is -1.46. The van der Waals surface area contributed by atoms with Gasteiger partial charge in [-0.1, -0.05) is 150 Å². The van der Waals surface area contributed by atoms with Gasteiger partial charge < -0.3 is 23.9 Å². The minimum atomic E-state index is -2.55. The number of furan rings is 2. The van der Waals surface area contributed by atoms with Crippen molar-refractivity contribution in [3.63, 3.8) is 0 Å². The predicted molar refractivity (Wildman–Crippen MR) is 305 cm³/mol. The van der Waals surface area contributed by atoms with Gasteiger partial charge in [-0.3, -0.25) is 4.79 Å². The number of carbonyl (C=O) groups excluding carboxylic acids is 1. The van der Waals surface area contributed by atoms with Gasteiger partial charge in [-0.25, -0.2) is 8.78 Å². The van der Waals surface area contributed by atoms with Gasteiger partial charge in [-0.15, -0.1) is 35.4 Å². The van der Waals surface area contributed by atoms with Gasteiger partial charge in [0.1, 0.15) is 11.2 Å². The number of rotatable bonds is 12. The molecule has 6 nitrogen and oxygen atoms in total. The van der Waals surface area contributed by atoms with Crippen LogP contribution in [0.3, 0.4) is 0 Å². The average Bonchev–Trinajstić information content (AvgIpc) is 4.10. The molecule has 6 aromatic carbocycles. The van der Waals surface area contributed by atoms with E-state index in [2.05, 4.69) is 99.4 Å². The van der Waals surface area contributed by atoms with Crippen molar-refractivity contribution >= 4 is 71.2 Å². The van der Waals surface area contributed by atoms with Crippen LogP contribution in [0.25, 0.3) is 87.9 Å². The smallest absolute Gasteiger partial charge is 0.248 e. The number of hydrogen-bond acceptors (Lipinski definition) is 6. The van der Waals surface area contributed by atoms with E-state index in [-0.39, 0.29) is 62.2 Å². The molecule has 0 saturated heterocycles. The van der Waals surface area contributed by atoms with Crippen LogP contribution in [0.4, 0.5) is 8.78 Å². The monoisotopic (exact) mass is 1200 g/mol. The van der Waals surface area contributed by atoms with Crippen LogP contribution in [0.15, 0.2) is 136 Å². The Hall–Kier alpha value is -6.54. The summed E-state index contributed by atoms with van der Waals surface area (Å²) in [4.78, 5) is 21.3. The molecule has 0 bridgehead atoms. The number of aromatic nitrogens is 2. The third-order valence-electron chi connectivity index (χ3n) is 15.0. The number of aliphatic hydroxyl groups excluding tert-OH is 1. The molecule has 1 N–H and O–H groups in total. The molecule has 0 aliphatic heterocycles. The van der Waals surface area contributed by atoms with Gasteiger partial charge in [0, 0.05) is 73.5 Å². The zero-order valence-corrected chi connectivity index (χ0v) is 47.6. The Morgan fingerprint density at radius 3 is 1.83 bits per heavy atom. The number of para-hydroxylation sites is 2. The fourth-order valence-electron chi connectivity index (χ4n) is 11.0. The molecular weight excluding hydrogens is 1130 g/mol. The molecule has 10 aromatic rings. The number of ketones is 1. The number of alkyl halides is 2. The Morgan fingerprint density at radius 1 is 0.697 bits per heavy atom. The molecule has 4 heterocycles. The van der Waals surface area contributed by atoms with E-state index in [0.717, 1.165) is 137 Å². The summed E-state index contributed by atoms with van der Waals surface area (Å²) >= 11 is 0. The second-order valence-electron chi connectivity index (χ2n) is 21.0. The summed E-state index contributed by atoms with van der Waals surface area (Å²) in [6.45, 7) is 18.8. The van der Waals surface area contributed by atoms with Gasteiger partial charge >= 0.3 is 0 Å². The molecule has 1 aliphatic rings. The molecule has 1 aliphatic carbocycles. The Balaban J connectivity index is 0.000000160. The Labute approximate surface area is 459 Å². The van der Waals surface area contributed by atoms with E-state index in [9.17, 15) is 18.7 Å². The van der Waals surface area contributed by atoms with E-state index in [1.165, 1.54) is 17.0 Å². The van der Waals surface area contributed by atoms with Crippen molar-refractivity contribution in [2.45, 2.75) is 126 Å². The van der Waals surface area contributed by atoms with Crippen molar-refractivity contribution in [3.8, 4) is 22.5 Å². The fourth-order valence-corrected chi connectivity index (χ4v) is 11.0. The second-order valence-corrected chi connectivity index (χ2v) is 21.0. The number of hydrogen-bond donors (Lipinski definition) is 1. The molecule has 11 rings (SSSR count). The number of halogens is 2. The van der Waals surface area contributed by atoms with Crippen molar-refractivity contribution < 1.29 is 47.6 Å². The van der Waals surface area contributed by atoms with Crippen LogP contribution in [0, 0.1) is 50.7 Å². The van der Waals surface area contributed by atoms with Crippen LogP contribution >= 0.6 is 0 Å². The molecule has 76 heavy (non-hydrogen) atoms. The topological polar surface area (TPSA) is 89.4 Å². The molecule has 1 atom stereocenters. The van der Waals surface area contributed by atoms with Gasteiger partial charge in [0.25, 0.3) is 0 Å². The number of aryl methyl sites for hydroxylation is 3. The van der Waals surface area contributed by atoms with E-state index in [1.807, 2.05) is 89.2 Å². The first-order valence-electron chi connectivity index (χ1n) is 26.9. The minimum Gasteiger partial charge on any atom is -0.512 e. The Kier molecular flexibility index (Phi) is 17.4. The largest absolute Gasteiger partial charge is 0.512 e. The molecule has 0 spiro atoms. The van der Waals surface area contributed by atoms with E-state index in [0.29, 0.717) is 12.3 Å². The third kappa shape index (κ3) is 11.9. The zero-order valence-electron chi connectivity index (χ0n) is 45.2. The molecule has 9 heteroatoms. The predicted octanol–water partition coefficient (Wildman–Crippen LogP) is 19.1. The molecule has 395 valence electrons. The number of aliphatic hydroxyl groups is 1. The maximum absolute atomic E-state index is 13.7. The van der Waals surface area contributed by atoms with Gasteiger partial charge in [0.05, 0.1) is 16.9 Å². The maximum Gasteiger partial charge on any atom is 0.248 e. The van der Waals surface area contributed by atoms with E-state index in [1.54, 1.807) is 6.20 Å². The zero-order chi connectivity index (χ0) is 53.1. The van der Waals surface area contributed by atoms with Crippen molar-refractivity contribution in [3.05, 3.63) is 167 Å². The summed E-state index contributed by atoms with van der Waals surface area (Å²) in [6.07, 6.45) is 8.19. The van der Waals surface area contributed by atoms with Crippen LogP contribution in [0.1, 0.15) is 120 Å². The third-order valence-corrected chi connectivity index (χ3v) is 15.0. The SMILES string of the molecule is CCC(CC)C(=O)/C=C(\O)C(CC)CC.Cc1[c-]c(-c2nc(C)cc3cc(CC(C)C)ccc23)c2oc3ccccc3c2c1.Cc1[c-]c(-c2nccc3cc(C4CCC(F)(F)C4)ccc23)c2oc3ccccc3c2c1.[Ir]. The van der Waals surface area contributed by atoms with Crippen LogP contribution in [0.5, 0.6) is 0 Å². The van der Waals surface area contributed by atoms with Gasteiger partial charge in [-0.05, 0) is 126 Å². The second kappa shape index (κ2) is 23.8. The summed E-state index contributed by atoms with van der Waals surface area (Å²) in [6, 6.07) is 44.3. The molecule has 1 fully saturated rings. The van der Waals surface area contributed by atoms with E-state index >= 15 is 0 Å². The number of fused-ring (bicyclic) bond motifs is 8. The first-order chi connectivity index (χ1) is 36.1. The first kappa shape index (κ1) is 55.7. The van der Waals surface area contributed by atoms with Crippen LogP contribution in [0.2, 0.25) is 0 Å². The number of nitrogens with zero attached hydrogens (tertiary/aromatic N) is 2. The Bertz CT molecular complexity index is 3730. The van der Waals surface area contributed by atoms with Gasteiger partial charge in [0.2, 0.25) is 5.92 Å². The first-order valence-corrected chi connectivity index (χ1v) is 26.9. The standard InChI is InChI=1S/C27H20F2NO.C27H24NO.C13H24O2.Ir/c1-16-12-22-21-4-2-3-5-24(21)31-26(22)23(13-16)25-20-7-6-17(14-18(20)9-11-30-25)19-8-10-27(28,29)15-19;1-16(2)11-19-9-10-21-20(15-19)14-18(4)28-26(21)24-13-17(3)12-23-22-7-5-6-8-25(22)29-27(23)24;1-5-10(6-2)12(14)9-13(15)11(7-3)8-4;/h2-7,9,11-12,14,19H,8,10,15H2,1H3;5-10,12,14-16H,11H2,1-4H3;9-11,14H,5-8H2,1-4H3;/q2*-1;;/b;;12-9-;. The quantitative estimate of drug-likeness (QED) is 0.0745. The number of benzene rings is 6. The fraction of sp³-hybridized carbons (Fsp3) is 0.328. The van der Waals surface area contributed by atoms with Crippen LogP contribution < -0.4 is 0 Å².